The number of nitrogens with zero attached hydrogens (tertiary/aromatic N) is 4. The van der Waals surface area contributed by atoms with E-state index in [4.69, 9.17) is 19.9 Å². The van der Waals surface area contributed by atoms with Crippen molar-refractivity contribution in [2.75, 3.05) is 37.8 Å². The Hall–Kier alpha value is -2.93. The van der Waals surface area contributed by atoms with Gasteiger partial charge in [-0.05, 0) is 26.7 Å². The number of phosphoric acid groups is 3. The Morgan fingerprint density at radius 3 is 2.15 bits per heavy atom. The Balaban J connectivity index is 1.01. The quantitative estimate of drug-likeness (QED) is 0.0274. The van der Waals surface area contributed by atoms with Crippen molar-refractivity contribution in [1.82, 2.24) is 30.2 Å². The number of aliphatic hydroxyl groups excluding tert-OH is 4. The molecule has 2 aliphatic heterocycles. The Labute approximate surface area is 456 Å². The normalized spacial score (nSPS) is 24.3. The lowest BCUT2D eigenvalue weighted by molar-refractivity contribution is -0.347. The smallest absolute Gasteiger partial charge is 0.274 e. The van der Waals surface area contributed by atoms with E-state index >= 15 is 0 Å². The summed E-state index contributed by atoms with van der Waals surface area (Å²) in [5, 5.41) is 46.0. The van der Waals surface area contributed by atoms with E-state index in [-0.39, 0.29) is 78.2 Å². The van der Waals surface area contributed by atoms with Crippen LogP contribution in [0, 0.1) is 5.41 Å². The summed E-state index contributed by atoms with van der Waals surface area (Å²) >= 11 is 0.909. The number of carbonyl (C=O) groups is 4. The number of amides is 2. The van der Waals surface area contributed by atoms with Crippen molar-refractivity contribution in [2.24, 2.45) is 5.41 Å². The van der Waals surface area contributed by atoms with E-state index in [2.05, 4.69) is 43.5 Å². The summed E-state index contributed by atoms with van der Waals surface area (Å²) in [6, 6.07) is 0. The number of ketones is 1. The lowest BCUT2D eigenvalue weighted by Gasteiger charge is -2.36. The highest BCUT2D eigenvalue weighted by Crippen LogP contribution is 2.56. The van der Waals surface area contributed by atoms with Crippen molar-refractivity contribution >= 4 is 74.9 Å². The number of thioether (sulfide) groups is 1. The number of carbonyl (C=O) groups excluding carboxylic acids is 4. The van der Waals surface area contributed by atoms with Crippen molar-refractivity contribution in [3.05, 3.63) is 12.7 Å². The van der Waals surface area contributed by atoms with Crippen molar-refractivity contribution in [3.8, 4) is 0 Å². The summed E-state index contributed by atoms with van der Waals surface area (Å²) in [5.41, 5.74) is 4.03. The fourth-order valence-corrected chi connectivity index (χ4v) is 11.7. The molecule has 4 rings (SSSR count). The number of hydrogen-bond acceptors (Lipinski definition) is 27. The molecule has 33 heteroatoms. The molecule has 0 bridgehead atoms. The summed E-state index contributed by atoms with van der Waals surface area (Å²) in [4.78, 5) is 109. The van der Waals surface area contributed by atoms with Gasteiger partial charge in [0.15, 0.2) is 29.1 Å². The van der Waals surface area contributed by atoms with Crippen LogP contribution in [0.5, 0.6) is 0 Å². The molecular formula is C45H74N7O22P3S-4. The molecule has 29 nitrogen and oxygen atoms in total. The molecule has 0 saturated carbocycles. The van der Waals surface area contributed by atoms with Gasteiger partial charge in [0.05, 0.1) is 52.1 Å². The zero-order chi connectivity index (χ0) is 57.8. The van der Waals surface area contributed by atoms with Crippen LogP contribution in [0.15, 0.2) is 12.7 Å². The number of rotatable bonds is 37. The molecule has 2 amide bonds. The molecule has 0 aliphatic carbocycles. The van der Waals surface area contributed by atoms with Gasteiger partial charge in [0, 0.05) is 43.5 Å². The lowest BCUT2D eigenvalue weighted by atomic mass is 9.87. The topological polar surface area (TPSA) is 451 Å². The van der Waals surface area contributed by atoms with Gasteiger partial charge in [0.25, 0.3) is 15.6 Å². The summed E-state index contributed by atoms with van der Waals surface area (Å²) in [7, 11) is -17.7. The van der Waals surface area contributed by atoms with Gasteiger partial charge in [-0.15, -0.1) is 0 Å². The minimum Gasteiger partial charge on any atom is -0.790 e. The number of fused-ring (bicyclic) bond motifs is 1. The number of ether oxygens (including phenoxy) is 3. The van der Waals surface area contributed by atoms with E-state index in [0.717, 1.165) is 86.8 Å². The minimum atomic E-state index is -5.95. The predicted octanol–water partition coefficient (Wildman–Crippen LogP) is 0.429. The lowest BCUT2D eigenvalue weighted by Crippen LogP contribution is -2.48. The standard InChI is InChI=1S/C45H78N7O22P3S/c1-28(70-44-32(55)23-31(54)29(2)71-44)16-14-12-10-8-6-5-7-9-11-13-15-17-30(53)22-35(57)78-21-20-47-34(56)18-19-48-42(60)39(59)45(3,4)25-69-77(66,67)74-76(64,65)68-24-33-38(73-75(61,62)63)37(58)43(72-33)52-27-51-36-40(46)49-26-50-41(36)52/h26-29,31-33,37-39,43-44,54-55,58-59H,5-25H2,1-4H3,(H,47,56)(H,48,60)(H,64,65)(H,66,67)(H2,46,49,50)(H2,61,62,63)/p-4/t28-,29+,31-,32-,33-,37-,38-,39+,43-,44-/m1/s1. The van der Waals surface area contributed by atoms with Crippen LogP contribution in [0.25, 0.3) is 11.2 Å². The first-order valence-corrected chi connectivity index (χ1v) is 31.1. The van der Waals surface area contributed by atoms with Gasteiger partial charge in [-0.25, -0.2) is 19.3 Å². The Morgan fingerprint density at radius 1 is 0.872 bits per heavy atom. The third-order valence-electron chi connectivity index (χ3n) is 12.7. The Kier molecular flexibility index (Phi) is 27.8. The molecular weight excluding hydrogens is 1120 g/mol. The summed E-state index contributed by atoms with van der Waals surface area (Å²) < 4.78 is 72.3. The second kappa shape index (κ2) is 32.1. The third-order valence-corrected chi connectivity index (χ3v) is 16.6. The average molecular weight is 1190 g/mol. The van der Waals surface area contributed by atoms with Gasteiger partial charge >= 0.3 is 0 Å². The maximum atomic E-state index is 12.7. The minimum absolute atomic E-state index is 0.0311. The summed E-state index contributed by atoms with van der Waals surface area (Å²) in [6.07, 6.45) is 2.48. The summed E-state index contributed by atoms with van der Waals surface area (Å²) in [6.45, 7) is 3.62. The van der Waals surface area contributed by atoms with Crippen LogP contribution < -0.4 is 35.9 Å². The van der Waals surface area contributed by atoms with E-state index in [9.17, 15) is 72.9 Å². The molecule has 446 valence electrons. The molecule has 78 heavy (non-hydrogen) atoms. The predicted molar refractivity (Wildman–Crippen MR) is 269 cm³/mol. The first-order chi connectivity index (χ1) is 36.6. The maximum absolute atomic E-state index is 12.7. The molecule has 8 N–H and O–H groups in total. The number of unbranched alkanes of at least 4 members (excludes halogenated alkanes) is 10. The molecule has 2 unspecified atom stereocenters. The van der Waals surface area contributed by atoms with Gasteiger partial charge < -0.3 is 88.7 Å². The van der Waals surface area contributed by atoms with Crippen molar-refractivity contribution < 1.29 is 105 Å². The number of Topliss-reactive ketones (excluding diaryl/α,β-unsaturated/α-hetero) is 1. The number of anilines is 1. The number of aromatic nitrogens is 4. The molecule has 2 aromatic rings. The summed E-state index contributed by atoms with van der Waals surface area (Å²) in [5.74, 6) is -1.59. The second-order valence-corrected chi connectivity index (χ2v) is 25.1. The number of phosphoric ester groups is 3. The second-order valence-electron chi connectivity index (χ2n) is 19.9. The van der Waals surface area contributed by atoms with Gasteiger partial charge in [-0.3, -0.25) is 32.9 Å². The highest BCUT2D eigenvalue weighted by atomic mass is 32.2. The molecule has 2 fully saturated rings. The van der Waals surface area contributed by atoms with Crippen molar-refractivity contribution in [1.29, 1.82) is 0 Å². The number of hydrogen-bond donors (Lipinski definition) is 7. The van der Waals surface area contributed by atoms with Crippen LogP contribution in [0.4, 0.5) is 5.82 Å². The van der Waals surface area contributed by atoms with E-state index < -0.39 is 103 Å². The van der Waals surface area contributed by atoms with Crippen molar-refractivity contribution in [2.45, 2.75) is 192 Å². The van der Waals surface area contributed by atoms with Gasteiger partial charge in [0.1, 0.15) is 48.1 Å². The van der Waals surface area contributed by atoms with Crippen molar-refractivity contribution in [3.63, 3.8) is 0 Å². The van der Waals surface area contributed by atoms with Crippen LogP contribution in [-0.2, 0) is 65.0 Å². The fourth-order valence-electron chi connectivity index (χ4n) is 8.28. The molecule has 12 atom stereocenters. The number of nitrogen functional groups attached to an aromatic ring is 1. The average Bonchev–Trinajstić information content (AvgIpc) is 3.92. The number of nitrogens with one attached hydrogen (secondary N) is 2. The number of nitrogens with two attached hydrogens (primary N) is 1. The van der Waals surface area contributed by atoms with Crippen LogP contribution in [0.2, 0.25) is 0 Å². The zero-order valence-electron chi connectivity index (χ0n) is 44.0. The third kappa shape index (κ3) is 23.5. The highest BCUT2D eigenvalue weighted by molar-refractivity contribution is 8.13. The zero-order valence-corrected chi connectivity index (χ0v) is 47.5. The molecule has 0 radical (unpaired) electrons. The molecule has 2 aromatic heterocycles. The number of aliphatic hydroxyl groups is 4. The van der Waals surface area contributed by atoms with Crippen LogP contribution >= 0.6 is 35.2 Å². The molecule has 2 aliphatic rings. The molecule has 2 saturated heterocycles. The maximum Gasteiger partial charge on any atom is 0.274 e. The Morgan fingerprint density at radius 2 is 1.50 bits per heavy atom. The van der Waals surface area contributed by atoms with Crippen LogP contribution in [-0.4, -0.2) is 150 Å². The van der Waals surface area contributed by atoms with E-state index in [0.29, 0.717) is 12.8 Å². The number of imidazole rings is 1. The fraction of sp³-hybridized carbons (Fsp3) is 0.800. The van der Waals surface area contributed by atoms with Crippen LogP contribution in [0.3, 0.4) is 0 Å². The molecule has 0 aromatic carbocycles. The first-order valence-electron chi connectivity index (χ1n) is 25.7. The highest BCUT2D eigenvalue weighted by Gasteiger charge is 2.47. The first kappa shape index (κ1) is 67.6. The molecule has 4 heterocycles. The van der Waals surface area contributed by atoms with Crippen LogP contribution in [0.1, 0.15) is 137 Å². The Bertz CT molecular complexity index is 2390. The van der Waals surface area contributed by atoms with E-state index in [1.54, 1.807) is 6.92 Å². The van der Waals surface area contributed by atoms with E-state index in [1.807, 2.05) is 6.92 Å². The monoisotopic (exact) mass is 1190 g/mol. The largest absolute Gasteiger partial charge is 0.790 e. The SMILES string of the molecule is C[C@H](CCCCCCCCCCCCCC(=O)CC(=O)SCCNC(=O)CCNC(=O)[C@H](O)C(C)(C)COP(=O)([O-])OP(=O)([O-])OC[C@H]1O[C@@H](n2cnc3c(N)ncnc32)[C@H](O)[C@@H]1OP(=O)([O-])[O-])O[C@@H]1O[C@@H](C)[C@H](O)C[C@H]1O. The van der Waals surface area contributed by atoms with Gasteiger partial charge in [0.2, 0.25) is 11.8 Å². The molecule has 0 spiro atoms. The van der Waals surface area contributed by atoms with Gasteiger partial charge in [-0.1, -0.05) is 89.8 Å². The van der Waals surface area contributed by atoms with Gasteiger partial charge in [-0.2, -0.15) is 0 Å². The van der Waals surface area contributed by atoms with E-state index in [1.165, 1.54) is 26.7 Å².